The average Bonchev–Trinajstić information content (AvgIpc) is 2.65. The molecule has 0 aliphatic carbocycles. The maximum atomic E-state index is 12.7. The molecule has 4 nitrogen and oxygen atoms in total. The van der Waals surface area contributed by atoms with E-state index in [1.54, 1.807) is 14.0 Å². The Morgan fingerprint density at radius 3 is 2.26 bits per heavy atom. The number of carbonyl (C=O) groups is 1. The van der Waals surface area contributed by atoms with E-state index in [9.17, 15) is 18.0 Å². The molecule has 0 fully saturated rings. The molecule has 0 N–H and O–H groups in total. The molecule has 7 heteroatoms. The minimum absolute atomic E-state index is 0.285. The van der Waals surface area contributed by atoms with Gasteiger partial charge >= 0.3 is 12.3 Å². The first kappa shape index (κ1) is 20.6. The number of amides is 1. The molecule has 1 atom stereocenters. The molecule has 2 rings (SSSR count). The molecule has 1 amide bonds. The van der Waals surface area contributed by atoms with Crippen molar-refractivity contribution in [3.05, 3.63) is 65.7 Å². The third-order valence-electron chi connectivity index (χ3n) is 3.94. The third-order valence-corrected chi connectivity index (χ3v) is 3.94. The van der Waals surface area contributed by atoms with Crippen LogP contribution in [0.3, 0.4) is 0 Å². The lowest BCUT2D eigenvalue weighted by atomic mass is 10.1. The van der Waals surface area contributed by atoms with E-state index in [-0.39, 0.29) is 6.61 Å². The van der Waals surface area contributed by atoms with Gasteiger partial charge < -0.3 is 14.4 Å². The van der Waals surface area contributed by atoms with Crippen molar-refractivity contribution in [2.75, 3.05) is 20.2 Å². The minimum atomic E-state index is -4.39. The van der Waals surface area contributed by atoms with Crippen LogP contribution in [-0.4, -0.2) is 31.2 Å². The number of benzene rings is 2. The van der Waals surface area contributed by atoms with Crippen LogP contribution in [0.4, 0.5) is 18.0 Å². The third kappa shape index (κ3) is 6.20. The van der Waals surface area contributed by atoms with Crippen LogP contribution in [-0.2, 0) is 10.9 Å². The highest BCUT2D eigenvalue weighted by atomic mass is 19.4. The highest BCUT2D eigenvalue weighted by Gasteiger charge is 2.30. The van der Waals surface area contributed by atoms with Crippen LogP contribution in [0.5, 0.6) is 5.75 Å². The second kappa shape index (κ2) is 9.30. The predicted molar refractivity (Wildman–Crippen MR) is 95.5 cm³/mol. The number of rotatable bonds is 7. The van der Waals surface area contributed by atoms with Gasteiger partial charge in [-0.1, -0.05) is 30.3 Å². The molecule has 0 spiro atoms. The first-order chi connectivity index (χ1) is 12.8. The SMILES string of the molecule is CCOC(=O)N(C)CCC(Oc1ccc(C(F)(F)F)cc1)c1ccccc1. The Kier molecular flexibility index (Phi) is 7.10. The molecule has 0 saturated carbocycles. The summed E-state index contributed by atoms with van der Waals surface area (Å²) >= 11 is 0. The fourth-order valence-electron chi connectivity index (χ4n) is 2.48. The van der Waals surface area contributed by atoms with Crippen LogP contribution in [0.25, 0.3) is 0 Å². The quantitative estimate of drug-likeness (QED) is 0.653. The molecular formula is C20H22F3NO3. The number of halogens is 3. The van der Waals surface area contributed by atoms with Gasteiger partial charge in [0.05, 0.1) is 12.2 Å². The number of nitrogens with zero attached hydrogens (tertiary/aromatic N) is 1. The molecule has 2 aromatic rings. The summed E-state index contributed by atoms with van der Waals surface area (Å²) in [6.45, 7) is 2.39. The van der Waals surface area contributed by atoms with E-state index >= 15 is 0 Å². The molecule has 0 aliphatic heterocycles. The van der Waals surface area contributed by atoms with E-state index in [1.807, 2.05) is 30.3 Å². The summed E-state index contributed by atoms with van der Waals surface area (Å²) in [5.41, 5.74) is 0.141. The van der Waals surface area contributed by atoms with Gasteiger partial charge in [-0.15, -0.1) is 0 Å². The molecule has 2 aromatic carbocycles. The smallest absolute Gasteiger partial charge is 0.416 e. The van der Waals surface area contributed by atoms with Crippen LogP contribution in [0.2, 0.25) is 0 Å². The Morgan fingerprint density at radius 1 is 1.07 bits per heavy atom. The van der Waals surface area contributed by atoms with E-state index in [0.29, 0.717) is 18.7 Å². The van der Waals surface area contributed by atoms with E-state index in [0.717, 1.165) is 17.7 Å². The topological polar surface area (TPSA) is 38.8 Å². The summed E-state index contributed by atoms with van der Waals surface area (Å²) in [6, 6.07) is 13.9. The molecule has 146 valence electrons. The van der Waals surface area contributed by atoms with Crippen LogP contribution in [0.15, 0.2) is 54.6 Å². The van der Waals surface area contributed by atoms with Crippen LogP contribution in [0.1, 0.15) is 30.6 Å². The summed E-state index contributed by atoms with van der Waals surface area (Å²) in [7, 11) is 1.62. The standard InChI is InChI=1S/C20H22F3NO3/c1-3-26-19(25)24(2)14-13-18(15-7-5-4-6-8-15)27-17-11-9-16(10-12-17)20(21,22)23/h4-12,18H,3,13-14H2,1-2H3. The summed E-state index contributed by atoms with van der Waals surface area (Å²) < 4.78 is 49.0. The summed E-state index contributed by atoms with van der Waals surface area (Å²) in [5.74, 6) is 0.329. The molecule has 0 aliphatic rings. The van der Waals surface area contributed by atoms with E-state index in [2.05, 4.69) is 0 Å². The van der Waals surface area contributed by atoms with Crippen molar-refractivity contribution >= 4 is 6.09 Å². The number of carbonyl (C=O) groups excluding carboxylic acids is 1. The molecule has 1 unspecified atom stereocenters. The first-order valence-electron chi connectivity index (χ1n) is 8.58. The van der Waals surface area contributed by atoms with Gasteiger partial charge in [0.25, 0.3) is 0 Å². The second-order valence-electron chi connectivity index (χ2n) is 5.95. The van der Waals surface area contributed by atoms with Crippen LogP contribution >= 0.6 is 0 Å². The highest BCUT2D eigenvalue weighted by molar-refractivity contribution is 5.67. The van der Waals surface area contributed by atoms with Gasteiger partial charge in [0.2, 0.25) is 0 Å². The highest BCUT2D eigenvalue weighted by Crippen LogP contribution is 2.32. The zero-order valence-electron chi connectivity index (χ0n) is 15.2. The normalized spacial score (nSPS) is 12.3. The van der Waals surface area contributed by atoms with Crippen molar-refractivity contribution in [2.24, 2.45) is 0 Å². The Hall–Kier alpha value is -2.70. The number of ether oxygens (including phenoxy) is 2. The Bertz CT molecular complexity index is 718. The van der Waals surface area contributed by atoms with Gasteiger partial charge in [0, 0.05) is 20.0 Å². The van der Waals surface area contributed by atoms with Crippen molar-refractivity contribution < 1.29 is 27.4 Å². The largest absolute Gasteiger partial charge is 0.486 e. The van der Waals surface area contributed by atoms with Crippen LogP contribution < -0.4 is 4.74 Å². The Morgan fingerprint density at radius 2 is 1.70 bits per heavy atom. The maximum Gasteiger partial charge on any atom is 0.416 e. The molecule has 27 heavy (non-hydrogen) atoms. The van der Waals surface area contributed by atoms with Gasteiger partial charge in [-0.05, 0) is 36.8 Å². The molecule has 0 heterocycles. The van der Waals surface area contributed by atoms with Gasteiger partial charge in [0.15, 0.2) is 0 Å². The molecule has 0 radical (unpaired) electrons. The number of hydrogen-bond donors (Lipinski definition) is 0. The lowest BCUT2D eigenvalue weighted by molar-refractivity contribution is -0.137. The molecular weight excluding hydrogens is 359 g/mol. The monoisotopic (exact) mass is 381 g/mol. The van der Waals surface area contributed by atoms with Crippen molar-refractivity contribution in [1.82, 2.24) is 4.90 Å². The lowest BCUT2D eigenvalue weighted by Crippen LogP contribution is -2.30. The molecule has 0 aromatic heterocycles. The fraction of sp³-hybridized carbons (Fsp3) is 0.350. The van der Waals surface area contributed by atoms with Crippen molar-refractivity contribution in [3.8, 4) is 5.75 Å². The molecule has 0 bridgehead atoms. The van der Waals surface area contributed by atoms with E-state index < -0.39 is 23.9 Å². The number of alkyl halides is 3. The van der Waals surface area contributed by atoms with Crippen LogP contribution in [0, 0.1) is 0 Å². The zero-order chi connectivity index (χ0) is 19.9. The van der Waals surface area contributed by atoms with E-state index in [1.165, 1.54) is 17.0 Å². The van der Waals surface area contributed by atoms with E-state index in [4.69, 9.17) is 9.47 Å². The lowest BCUT2D eigenvalue weighted by Gasteiger charge is -2.23. The average molecular weight is 381 g/mol. The Balaban J connectivity index is 2.10. The van der Waals surface area contributed by atoms with Gasteiger partial charge in [0.1, 0.15) is 11.9 Å². The zero-order valence-corrected chi connectivity index (χ0v) is 15.2. The summed E-state index contributed by atoms with van der Waals surface area (Å²) in [6.07, 6.45) is -4.78. The summed E-state index contributed by atoms with van der Waals surface area (Å²) in [5, 5.41) is 0. The Labute approximate surface area is 156 Å². The van der Waals surface area contributed by atoms with Gasteiger partial charge in [-0.3, -0.25) is 0 Å². The van der Waals surface area contributed by atoms with Crippen molar-refractivity contribution in [3.63, 3.8) is 0 Å². The fourth-order valence-corrected chi connectivity index (χ4v) is 2.48. The minimum Gasteiger partial charge on any atom is -0.486 e. The predicted octanol–water partition coefficient (Wildman–Crippen LogP) is 5.30. The maximum absolute atomic E-state index is 12.7. The molecule has 0 saturated heterocycles. The van der Waals surface area contributed by atoms with Crippen molar-refractivity contribution in [2.45, 2.75) is 25.6 Å². The number of hydrogen-bond acceptors (Lipinski definition) is 3. The van der Waals surface area contributed by atoms with Gasteiger partial charge in [-0.25, -0.2) is 4.79 Å². The van der Waals surface area contributed by atoms with Crippen molar-refractivity contribution in [1.29, 1.82) is 0 Å². The van der Waals surface area contributed by atoms with Gasteiger partial charge in [-0.2, -0.15) is 13.2 Å². The summed E-state index contributed by atoms with van der Waals surface area (Å²) in [4.78, 5) is 13.2. The second-order valence-corrected chi connectivity index (χ2v) is 5.95. The first-order valence-corrected chi connectivity index (χ1v) is 8.58.